The van der Waals surface area contributed by atoms with Gasteiger partial charge in [0.1, 0.15) is 0 Å². The van der Waals surface area contributed by atoms with Crippen molar-refractivity contribution in [3.8, 4) is 0 Å². The number of carbonyl (C=O) groups excluding carboxylic acids is 3. The molecule has 1 aliphatic carbocycles. The van der Waals surface area contributed by atoms with Gasteiger partial charge in [0.15, 0.2) is 0 Å². The molecule has 0 heterocycles. The summed E-state index contributed by atoms with van der Waals surface area (Å²) in [5, 5.41) is 3.63. The van der Waals surface area contributed by atoms with Gasteiger partial charge in [0.05, 0.1) is 39.5 Å². The van der Waals surface area contributed by atoms with E-state index < -0.39 is 20.0 Å². The number of ether oxygens (including phenoxy) is 2. The van der Waals surface area contributed by atoms with E-state index in [1.165, 1.54) is 21.1 Å². The summed E-state index contributed by atoms with van der Waals surface area (Å²) in [5.74, 6) is -1.70. The molecule has 2 atom stereocenters. The minimum absolute atomic E-state index is 0.196. The highest BCUT2D eigenvalue weighted by Gasteiger charge is 2.40. The molecule has 0 fully saturated rings. The number of esters is 2. The maximum Gasteiger partial charge on any atom is 0.338 e. The summed E-state index contributed by atoms with van der Waals surface area (Å²) in [6.45, 7) is 9.41. The van der Waals surface area contributed by atoms with Crippen molar-refractivity contribution in [3.05, 3.63) is 22.4 Å². The van der Waals surface area contributed by atoms with Crippen molar-refractivity contribution in [2.24, 2.45) is 5.92 Å². The maximum atomic E-state index is 12.3. The lowest BCUT2D eigenvalue weighted by Crippen LogP contribution is -2.45. The second kappa shape index (κ2) is 7.12. The summed E-state index contributed by atoms with van der Waals surface area (Å²) in [5.41, 5.74) is 0.547. The Morgan fingerprint density at radius 3 is 2.00 bits per heavy atom. The van der Waals surface area contributed by atoms with Crippen molar-refractivity contribution in [1.29, 1.82) is 0 Å². The number of hydrogen-bond donors (Lipinski definition) is 1. The van der Waals surface area contributed by atoms with Gasteiger partial charge in [-0.3, -0.25) is 4.79 Å². The van der Waals surface area contributed by atoms with Crippen molar-refractivity contribution in [1.82, 2.24) is 5.32 Å². The summed E-state index contributed by atoms with van der Waals surface area (Å²) in [7, 11) is 0.585. The molecule has 23 heavy (non-hydrogen) atoms. The van der Waals surface area contributed by atoms with Crippen molar-refractivity contribution in [2.45, 2.75) is 39.5 Å². The molecule has 1 amide bonds. The number of carbonyl (C=O) groups is 3. The highest BCUT2D eigenvalue weighted by molar-refractivity contribution is 6.84. The fraction of sp³-hybridized carbons (Fsp3) is 0.562. The van der Waals surface area contributed by atoms with Gasteiger partial charge in [0.25, 0.3) is 0 Å². The first kappa shape index (κ1) is 19.2. The quantitative estimate of drug-likeness (QED) is 0.621. The van der Waals surface area contributed by atoms with Gasteiger partial charge in [-0.25, -0.2) is 9.59 Å². The Hall–Kier alpha value is -1.89. The Labute approximate surface area is 137 Å². The molecule has 0 aromatic heterocycles. The number of rotatable bonds is 4. The Balaban J connectivity index is 3.62. The van der Waals surface area contributed by atoms with Crippen molar-refractivity contribution in [3.63, 3.8) is 0 Å². The van der Waals surface area contributed by atoms with Crippen LogP contribution in [0.15, 0.2) is 22.4 Å². The van der Waals surface area contributed by atoms with E-state index in [4.69, 9.17) is 9.47 Å². The molecular weight excluding hydrogens is 314 g/mol. The lowest BCUT2D eigenvalue weighted by atomic mass is 9.84. The van der Waals surface area contributed by atoms with E-state index in [2.05, 4.69) is 25.0 Å². The maximum absolute atomic E-state index is 12.3. The van der Waals surface area contributed by atoms with Crippen molar-refractivity contribution >= 4 is 25.9 Å². The third-order valence-electron chi connectivity index (χ3n) is 3.85. The number of nitrogens with one attached hydrogen (secondary N) is 1. The van der Waals surface area contributed by atoms with E-state index in [1.807, 2.05) is 6.08 Å². The molecule has 1 rings (SSSR count). The van der Waals surface area contributed by atoms with Gasteiger partial charge in [0, 0.05) is 12.8 Å². The molecular formula is C16H25NO5Si. The fourth-order valence-corrected chi connectivity index (χ4v) is 4.37. The van der Waals surface area contributed by atoms with Crippen molar-refractivity contribution < 1.29 is 23.9 Å². The smallest absolute Gasteiger partial charge is 0.338 e. The summed E-state index contributed by atoms with van der Waals surface area (Å²) in [6, 6.07) is -0.364. The lowest BCUT2D eigenvalue weighted by molar-refractivity contribution is -0.139. The first-order chi connectivity index (χ1) is 10.5. The van der Waals surface area contributed by atoms with Gasteiger partial charge in [-0.1, -0.05) is 32.6 Å². The number of methoxy groups -OCH3 is 2. The Morgan fingerprint density at radius 1 is 1.09 bits per heavy atom. The van der Waals surface area contributed by atoms with Crippen LogP contribution in [-0.2, 0) is 23.9 Å². The van der Waals surface area contributed by atoms with Gasteiger partial charge in [-0.15, -0.1) is 0 Å². The van der Waals surface area contributed by atoms with Crippen LogP contribution < -0.4 is 5.32 Å². The highest BCUT2D eigenvalue weighted by Crippen LogP contribution is 2.36. The van der Waals surface area contributed by atoms with E-state index >= 15 is 0 Å². The molecule has 128 valence electrons. The Bertz CT molecular complexity index is 586. The standard InChI is InChI=1S/C16H25NO5Si/c1-9-11(17-10(2)18)8-12(23(5,6)7)14(16(20)22-4)13(9)15(19)21-3/h8-9,11H,1-7H3,(H,17,18)/t9-,11+/m1/s1. The molecule has 1 N–H and O–H groups in total. The molecule has 0 unspecified atom stereocenters. The molecule has 7 heteroatoms. The number of hydrogen-bond acceptors (Lipinski definition) is 5. The van der Waals surface area contributed by atoms with Gasteiger partial charge in [-0.2, -0.15) is 0 Å². The molecule has 0 aromatic rings. The van der Waals surface area contributed by atoms with Crippen molar-refractivity contribution in [2.75, 3.05) is 14.2 Å². The van der Waals surface area contributed by atoms with E-state index in [9.17, 15) is 14.4 Å². The second-order valence-corrected chi connectivity index (χ2v) is 11.7. The topological polar surface area (TPSA) is 81.7 Å². The zero-order valence-electron chi connectivity index (χ0n) is 14.8. The van der Waals surface area contributed by atoms with E-state index in [0.717, 1.165) is 5.20 Å². The molecule has 0 bridgehead atoms. The molecule has 0 saturated heterocycles. The molecule has 0 aliphatic heterocycles. The Kier molecular flexibility index (Phi) is 5.93. The van der Waals surface area contributed by atoms with Crippen LogP contribution in [0.3, 0.4) is 0 Å². The summed E-state index contributed by atoms with van der Waals surface area (Å²) in [6.07, 6.45) is 1.89. The predicted molar refractivity (Wildman–Crippen MR) is 89.3 cm³/mol. The summed E-state index contributed by atoms with van der Waals surface area (Å²) >= 11 is 0. The van der Waals surface area contributed by atoms with Gasteiger partial charge < -0.3 is 14.8 Å². The first-order valence-corrected chi connectivity index (χ1v) is 10.9. The van der Waals surface area contributed by atoms with Crippen LogP contribution in [-0.4, -0.2) is 46.2 Å². The highest BCUT2D eigenvalue weighted by atomic mass is 28.3. The van der Waals surface area contributed by atoms with Crippen LogP contribution in [0.5, 0.6) is 0 Å². The average Bonchev–Trinajstić information content (AvgIpc) is 2.45. The van der Waals surface area contributed by atoms with E-state index in [1.54, 1.807) is 6.92 Å². The number of amides is 1. The normalized spacial score (nSPS) is 21.4. The van der Waals surface area contributed by atoms with Gasteiger partial charge >= 0.3 is 11.9 Å². The molecule has 1 aliphatic rings. The van der Waals surface area contributed by atoms with Crippen LogP contribution in [0.1, 0.15) is 13.8 Å². The first-order valence-electron chi connectivity index (χ1n) is 7.45. The van der Waals surface area contributed by atoms with Crippen LogP contribution >= 0.6 is 0 Å². The van der Waals surface area contributed by atoms with Gasteiger partial charge in [0.2, 0.25) is 5.91 Å². The van der Waals surface area contributed by atoms with Gasteiger partial charge in [-0.05, 0) is 5.20 Å². The second-order valence-electron chi connectivity index (χ2n) is 6.62. The molecule has 6 nitrogen and oxygen atoms in total. The fourth-order valence-electron chi connectivity index (χ4n) is 2.71. The van der Waals surface area contributed by atoms with Crippen LogP contribution in [0.4, 0.5) is 0 Å². The summed E-state index contributed by atoms with van der Waals surface area (Å²) < 4.78 is 9.76. The Morgan fingerprint density at radius 2 is 1.61 bits per heavy atom. The molecule has 0 spiro atoms. The van der Waals surface area contributed by atoms with E-state index in [0.29, 0.717) is 0 Å². The molecule has 0 aromatic carbocycles. The zero-order chi connectivity index (χ0) is 17.9. The predicted octanol–water partition coefficient (Wildman–Crippen LogP) is 1.59. The lowest BCUT2D eigenvalue weighted by Gasteiger charge is -2.34. The largest absolute Gasteiger partial charge is 0.466 e. The summed E-state index contributed by atoms with van der Waals surface area (Å²) in [4.78, 5) is 36.1. The average molecular weight is 339 g/mol. The van der Waals surface area contributed by atoms with Crippen LogP contribution in [0.2, 0.25) is 19.6 Å². The third-order valence-corrected chi connectivity index (χ3v) is 5.88. The monoisotopic (exact) mass is 339 g/mol. The van der Waals surface area contributed by atoms with E-state index in [-0.39, 0.29) is 29.0 Å². The minimum atomic E-state index is -1.98. The van der Waals surface area contributed by atoms with Crippen LogP contribution in [0, 0.1) is 5.92 Å². The molecule has 0 radical (unpaired) electrons. The zero-order valence-corrected chi connectivity index (χ0v) is 15.8. The van der Waals surface area contributed by atoms with Crippen LogP contribution in [0.25, 0.3) is 0 Å². The molecule has 0 saturated carbocycles. The minimum Gasteiger partial charge on any atom is -0.466 e. The third kappa shape index (κ3) is 4.10. The SMILES string of the molecule is COC(=O)C1=C(C(=O)OC)[C@H](C)[C@@H](NC(C)=O)C=C1[Si](C)(C)C.